The van der Waals surface area contributed by atoms with Gasteiger partial charge in [-0.05, 0) is 0 Å². The zero-order valence-corrected chi connectivity index (χ0v) is 11.5. The fourth-order valence-electron chi connectivity index (χ4n) is 0. The van der Waals surface area contributed by atoms with Gasteiger partial charge in [-0.25, -0.2) is 16.8 Å². The first-order valence-corrected chi connectivity index (χ1v) is 6.34. The second-order valence-corrected chi connectivity index (χ2v) is 5.31. The van der Waals surface area contributed by atoms with Gasteiger partial charge in [0.1, 0.15) is 30.7 Å². The molecule has 0 heterocycles. The van der Waals surface area contributed by atoms with Gasteiger partial charge in [0.25, 0.3) is 0 Å². The van der Waals surface area contributed by atoms with Crippen LogP contribution in [0.3, 0.4) is 0 Å². The van der Waals surface area contributed by atoms with Crippen LogP contribution in [0, 0.1) is 0 Å². The molecule has 0 saturated carbocycles. The summed E-state index contributed by atoms with van der Waals surface area (Å²) in [5.74, 6) is 0. The van der Waals surface area contributed by atoms with Gasteiger partial charge in [0.15, 0.2) is 0 Å². The van der Waals surface area contributed by atoms with Crippen molar-refractivity contribution in [1.82, 2.24) is 0 Å². The Balaban J connectivity index is -0.000000143. The maximum Gasteiger partial charge on any atom is 2.00 e. The van der Waals surface area contributed by atoms with Gasteiger partial charge in [0.2, 0.25) is 0 Å². The first-order chi connectivity index (χ1) is 5.12. The average Bonchev–Trinajstić information content (AvgIpc) is 1.86. The number of rotatable bonds is 2. The van der Waals surface area contributed by atoms with E-state index >= 15 is 0 Å². The number of hydrogen-bond donors (Lipinski definition) is 0. The molecule has 11 heteroatoms. The Morgan fingerprint density at radius 3 is 0.923 bits per heavy atom. The largest absolute Gasteiger partial charge is 2.00 e. The zero-order chi connectivity index (χ0) is 10.4. The summed E-state index contributed by atoms with van der Waals surface area (Å²) in [5.41, 5.74) is 0. The van der Waals surface area contributed by atoms with E-state index in [0.29, 0.717) is 0 Å². The third-order valence-electron chi connectivity index (χ3n) is 0.267. The first-order valence-electron chi connectivity index (χ1n) is 2.11. The number of halogens is 2. The van der Waals surface area contributed by atoms with E-state index in [1.807, 2.05) is 0 Å². The van der Waals surface area contributed by atoms with Gasteiger partial charge < -0.3 is 9.11 Å². The zero-order valence-electron chi connectivity index (χ0n) is 6.14. The van der Waals surface area contributed by atoms with Crippen LogP contribution in [0.4, 0.5) is 0 Å². The van der Waals surface area contributed by atoms with Gasteiger partial charge in [-0.1, -0.05) is 0 Å². The minimum atomic E-state index is -4.15. The van der Waals surface area contributed by atoms with Gasteiger partial charge in [-0.3, -0.25) is 0 Å². The van der Waals surface area contributed by atoms with Crippen LogP contribution in [-0.4, -0.2) is 74.1 Å². The fraction of sp³-hybridized carbons (Fsp3) is 1.00. The summed E-state index contributed by atoms with van der Waals surface area (Å²) in [6.45, 7) is 0. The monoisotopic (exact) mass is 298 g/mol. The standard InChI is InChI=1S/2CH3ClO3S.Ca/c2*2-1-6(3,4)5;/h2*1H2,(H,3,4,5);/q;;+2/p-2. The molecule has 0 radical (unpaired) electrons. The van der Waals surface area contributed by atoms with Crippen LogP contribution in [-0.2, 0) is 20.2 Å². The second kappa shape index (κ2) is 8.93. The van der Waals surface area contributed by atoms with Crippen LogP contribution in [0.5, 0.6) is 0 Å². The summed E-state index contributed by atoms with van der Waals surface area (Å²) in [5, 5.41) is -1.68. The number of hydrogen-bond acceptors (Lipinski definition) is 6. The minimum Gasteiger partial charge on any atom is -0.747 e. The molecule has 0 aromatic carbocycles. The van der Waals surface area contributed by atoms with E-state index < -0.39 is 30.7 Å². The van der Waals surface area contributed by atoms with Crippen molar-refractivity contribution in [3.05, 3.63) is 0 Å². The molecule has 0 spiro atoms. The van der Waals surface area contributed by atoms with Gasteiger partial charge in [-0.15, -0.1) is 23.2 Å². The Morgan fingerprint density at radius 2 is 0.923 bits per heavy atom. The van der Waals surface area contributed by atoms with Crippen LogP contribution >= 0.6 is 23.2 Å². The molecule has 76 valence electrons. The van der Waals surface area contributed by atoms with E-state index in [-0.39, 0.29) is 37.7 Å². The smallest absolute Gasteiger partial charge is 0.747 e. The molecule has 0 atom stereocenters. The van der Waals surface area contributed by atoms with Crippen molar-refractivity contribution < 1.29 is 25.9 Å². The van der Waals surface area contributed by atoms with E-state index in [1.165, 1.54) is 0 Å². The molecule has 0 fully saturated rings. The predicted molar refractivity (Wildman–Crippen MR) is 46.6 cm³/mol. The fourth-order valence-corrected chi connectivity index (χ4v) is 0. The van der Waals surface area contributed by atoms with E-state index in [2.05, 4.69) is 23.2 Å². The van der Waals surface area contributed by atoms with E-state index in [0.717, 1.165) is 0 Å². The maximum absolute atomic E-state index is 9.31. The van der Waals surface area contributed by atoms with Crippen molar-refractivity contribution >= 4 is 81.2 Å². The summed E-state index contributed by atoms with van der Waals surface area (Å²) >= 11 is 9.15. The van der Waals surface area contributed by atoms with Gasteiger partial charge >= 0.3 is 37.7 Å². The molecule has 0 aromatic rings. The van der Waals surface area contributed by atoms with Crippen LogP contribution < -0.4 is 0 Å². The number of alkyl halides is 2. The molecular weight excluding hydrogens is 295 g/mol. The summed E-state index contributed by atoms with van der Waals surface area (Å²) in [6, 6.07) is 0. The van der Waals surface area contributed by atoms with Gasteiger partial charge in [0, 0.05) is 0 Å². The van der Waals surface area contributed by atoms with Crippen LogP contribution in [0.1, 0.15) is 0 Å². The molecule has 0 saturated heterocycles. The molecule has 0 amide bonds. The Labute approximate surface area is 116 Å². The van der Waals surface area contributed by atoms with Crippen molar-refractivity contribution in [2.75, 3.05) is 10.4 Å². The van der Waals surface area contributed by atoms with Crippen molar-refractivity contribution in [1.29, 1.82) is 0 Å². The Morgan fingerprint density at radius 1 is 0.846 bits per heavy atom. The SMILES string of the molecule is O=S(=O)([O-])CCl.O=S(=O)([O-])CCl.[Ca+2]. The molecule has 0 bridgehead atoms. The van der Waals surface area contributed by atoms with Crippen molar-refractivity contribution in [3.63, 3.8) is 0 Å². The molecule has 0 rings (SSSR count). The van der Waals surface area contributed by atoms with E-state index in [9.17, 15) is 25.9 Å². The van der Waals surface area contributed by atoms with Gasteiger partial charge in [-0.2, -0.15) is 0 Å². The summed E-state index contributed by atoms with van der Waals surface area (Å²) in [6.07, 6.45) is 0. The third kappa shape index (κ3) is 31.7. The second-order valence-electron chi connectivity index (χ2n) is 1.33. The quantitative estimate of drug-likeness (QED) is 0.370. The summed E-state index contributed by atoms with van der Waals surface area (Å²) < 4.78 is 55.9. The van der Waals surface area contributed by atoms with Gasteiger partial charge in [0.05, 0.1) is 0 Å². The molecule has 6 nitrogen and oxygen atoms in total. The first kappa shape index (κ1) is 20.1. The molecule has 0 unspecified atom stereocenters. The Hall–Kier alpha value is 1.66. The van der Waals surface area contributed by atoms with E-state index in [4.69, 9.17) is 0 Å². The van der Waals surface area contributed by atoms with E-state index in [1.54, 1.807) is 0 Å². The molecule has 0 aliphatic carbocycles. The Bertz CT molecular complexity index is 263. The Kier molecular flexibility index (Phi) is 13.8. The molecule has 0 aliphatic heterocycles. The van der Waals surface area contributed by atoms with Crippen molar-refractivity contribution in [2.24, 2.45) is 0 Å². The van der Waals surface area contributed by atoms with Crippen LogP contribution in [0.2, 0.25) is 0 Å². The maximum atomic E-state index is 9.31. The summed E-state index contributed by atoms with van der Waals surface area (Å²) in [4.78, 5) is 0. The molecule has 0 aliphatic rings. The normalized spacial score (nSPS) is 10.8. The molecule has 13 heavy (non-hydrogen) atoms. The third-order valence-corrected chi connectivity index (χ3v) is 2.41. The van der Waals surface area contributed by atoms with Crippen LogP contribution in [0.15, 0.2) is 0 Å². The molecule has 0 aromatic heterocycles. The molecule has 0 N–H and O–H groups in total. The topological polar surface area (TPSA) is 114 Å². The summed E-state index contributed by atoms with van der Waals surface area (Å²) in [7, 11) is -8.29. The molecular formula is C2H4CaCl2O6S2. The van der Waals surface area contributed by atoms with Crippen LogP contribution in [0.25, 0.3) is 0 Å². The average molecular weight is 299 g/mol. The van der Waals surface area contributed by atoms with Crippen molar-refractivity contribution in [3.8, 4) is 0 Å². The predicted octanol–water partition coefficient (Wildman–Crippen LogP) is -0.925. The van der Waals surface area contributed by atoms with Crippen molar-refractivity contribution in [2.45, 2.75) is 0 Å². The minimum absolute atomic E-state index is 0.